The molecule has 8 heteroatoms. The molecule has 3 aromatic rings. The van der Waals surface area contributed by atoms with Crippen LogP contribution in [0.25, 0.3) is 11.1 Å². The highest BCUT2D eigenvalue weighted by molar-refractivity contribution is 5.95. The number of aliphatic carboxylic acids is 1. The lowest BCUT2D eigenvalue weighted by Gasteiger charge is -2.24. The van der Waals surface area contributed by atoms with Gasteiger partial charge in [0.25, 0.3) is 5.91 Å². The molecule has 4 rings (SSSR count). The molecule has 0 spiro atoms. The highest BCUT2D eigenvalue weighted by Crippen LogP contribution is 2.44. The van der Waals surface area contributed by atoms with Crippen LogP contribution in [0.4, 0.5) is 10.6 Å². The van der Waals surface area contributed by atoms with Crippen molar-refractivity contribution in [3.8, 4) is 11.1 Å². The van der Waals surface area contributed by atoms with Gasteiger partial charge in [-0.2, -0.15) is 0 Å². The molecule has 0 fully saturated rings. The van der Waals surface area contributed by atoms with E-state index >= 15 is 0 Å². The maximum absolute atomic E-state index is 12.7. The van der Waals surface area contributed by atoms with Gasteiger partial charge in [-0.3, -0.25) is 10.1 Å². The van der Waals surface area contributed by atoms with Crippen molar-refractivity contribution >= 4 is 23.8 Å². The van der Waals surface area contributed by atoms with Crippen molar-refractivity contribution in [3.63, 3.8) is 0 Å². The quantitative estimate of drug-likeness (QED) is 0.543. The van der Waals surface area contributed by atoms with Crippen LogP contribution in [-0.2, 0) is 9.53 Å². The summed E-state index contributed by atoms with van der Waals surface area (Å²) in [7, 11) is 0. The molecule has 1 aliphatic rings. The second-order valence-corrected chi connectivity index (χ2v) is 7.96. The minimum absolute atomic E-state index is 0.0337. The van der Waals surface area contributed by atoms with E-state index in [2.05, 4.69) is 22.4 Å². The minimum Gasteiger partial charge on any atom is -0.480 e. The maximum atomic E-state index is 12.7. The number of hydrogen-bond donors (Lipinski definition) is 2. The summed E-state index contributed by atoms with van der Waals surface area (Å²) in [6, 6.07) is 19.7. The Balaban J connectivity index is 1.44. The molecule has 0 radical (unpaired) electrons. The minimum atomic E-state index is -1.11. The summed E-state index contributed by atoms with van der Waals surface area (Å²) in [4.78, 5) is 41.9. The average molecular weight is 460 g/mol. The van der Waals surface area contributed by atoms with Gasteiger partial charge in [0.15, 0.2) is 0 Å². The standard InChI is InChI=1S/C26H25N3O5/c1-3-29(16(2)25(31)32)24(30)22-13-8-14-23(27-22)28-26(33)34-15-21-19-11-6-4-9-17(19)18-10-5-7-12-20(18)21/h4-14,16,21H,3,15H2,1-2H3,(H,31,32)(H,27,28,33). The van der Waals surface area contributed by atoms with Crippen LogP contribution in [0, 0.1) is 0 Å². The van der Waals surface area contributed by atoms with E-state index in [1.807, 2.05) is 36.4 Å². The smallest absolute Gasteiger partial charge is 0.412 e. The van der Waals surface area contributed by atoms with Crippen LogP contribution in [0.5, 0.6) is 0 Å². The summed E-state index contributed by atoms with van der Waals surface area (Å²) >= 11 is 0. The van der Waals surface area contributed by atoms with Crippen molar-refractivity contribution in [2.75, 3.05) is 18.5 Å². The zero-order valence-corrected chi connectivity index (χ0v) is 18.9. The number of rotatable bonds is 7. The topological polar surface area (TPSA) is 109 Å². The summed E-state index contributed by atoms with van der Waals surface area (Å²) in [6.45, 7) is 3.48. The van der Waals surface area contributed by atoms with Crippen LogP contribution >= 0.6 is 0 Å². The van der Waals surface area contributed by atoms with Crippen molar-refractivity contribution in [3.05, 3.63) is 83.6 Å². The first-order chi connectivity index (χ1) is 16.4. The van der Waals surface area contributed by atoms with Gasteiger partial charge in [-0.25, -0.2) is 14.6 Å². The fourth-order valence-corrected chi connectivity index (χ4v) is 4.24. The molecule has 2 aromatic carbocycles. The summed E-state index contributed by atoms with van der Waals surface area (Å²) < 4.78 is 5.52. The third-order valence-electron chi connectivity index (χ3n) is 5.97. The number of aromatic nitrogens is 1. The number of nitrogens with zero attached hydrogens (tertiary/aromatic N) is 2. The number of fused-ring (bicyclic) bond motifs is 3. The number of nitrogens with one attached hydrogen (secondary N) is 1. The SMILES string of the molecule is CCN(C(=O)c1cccc(NC(=O)OCC2c3ccccc3-c3ccccc32)n1)C(C)C(=O)O. The summed E-state index contributed by atoms with van der Waals surface area (Å²) in [5.74, 6) is -1.58. The van der Waals surface area contributed by atoms with Gasteiger partial charge in [0.2, 0.25) is 0 Å². The number of carbonyl (C=O) groups is 3. The number of carboxylic acids is 1. The Morgan fingerprint density at radius 2 is 1.62 bits per heavy atom. The van der Waals surface area contributed by atoms with Crippen molar-refractivity contribution < 1.29 is 24.2 Å². The zero-order valence-electron chi connectivity index (χ0n) is 18.9. The van der Waals surface area contributed by atoms with E-state index in [4.69, 9.17) is 4.74 Å². The van der Waals surface area contributed by atoms with Crippen LogP contribution in [-0.4, -0.2) is 52.2 Å². The Bertz CT molecular complexity index is 1200. The van der Waals surface area contributed by atoms with Gasteiger partial charge in [-0.1, -0.05) is 54.6 Å². The van der Waals surface area contributed by atoms with Crippen LogP contribution in [0.15, 0.2) is 66.7 Å². The second kappa shape index (κ2) is 9.74. The largest absolute Gasteiger partial charge is 0.480 e. The lowest BCUT2D eigenvalue weighted by Crippen LogP contribution is -2.43. The van der Waals surface area contributed by atoms with Gasteiger partial charge in [-0.15, -0.1) is 0 Å². The first kappa shape index (κ1) is 23.0. The summed E-state index contributed by atoms with van der Waals surface area (Å²) in [6.07, 6.45) is -0.690. The fourth-order valence-electron chi connectivity index (χ4n) is 4.24. The number of benzene rings is 2. The Morgan fingerprint density at radius 1 is 1.00 bits per heavy atom. The highest BCUT2D eigenvalue weighted by Gasteiger charge is 2.29. The van der Waals surface area contributed by atoms with E-state index in [0.717, 1.165) is 22.3 Å². The molecular formula is C26H25N3O5. The van der Waals surface area contributed by atoms with Gasteiger partial charge in [0.1, 0.15) is 24.2 Å². The van der Waals surface area contributed by atoms with Gasteiger partial charge >= 0.3 is 12.1 Å². The van der Waals surface area contributed by atoms with Crippen molar-refractivity contribution in [2.24, 2.45) is 0 Å². The predicted molar refractivity (Wildman–Crippen MR) is 127 cm³/mol. The number of ether oxygens (including phenoxy) is 1. The highest BCUT2D eigenvalue weighted by atomic mass is 16.5. The summed E-state index contributed by atoms with van der Waals surface area (Å²) in [5, 5.41) is 11.8. The molecule has 0 bridgehead atoms. The molecular weight excluding hydrogens is 434 g/mol. The van der Waals surface area contributed by atoms with Crippen molar-refractivity contribution in [2.45, 2.75) is 25.8 Å². The molecule has 1 heterocycles. The van der Waals surface area contributed by atoms with Crippen LogP contribution in [0.3, 0.4) is 0 Å². The molecule has 0 saturated carbocycles. The number of pyridine rings is 1. The lowest BCUT2D eigenvalue weighted by molar-refractivity contribution is -0.141. The third kappa shape index (κ3) is 4.47. The van der Waals surface area contributed by atoms with E-state index in [0.29, 0.717) is 0 Å². The third-order valence-corrected chi connectivity index (χ3v) is 5.97. The number of anilines is 1. The molecule has 34 heavy (non-hydrogen) atoms. The van der Waals surface area contributed by atoms with E-state index in [-0.39, 0.29) is 30.6 Å². The monoisotopic (exact) mass is 459 g/mol. The zero-order chi connectivity index (χ0) is 24.2. The van der Waals surface area contributed by atoms with Gasteiger partial charge in [-0.05, 0) is 48.2 Å². The average Bonchev–Trinajstić information content (AvgIpc) is 3.17. The van der Waals surface area contributed by atoms with Gasteiger partial charge in [0, 0.05) is 12.5 Å². The van der Waals surface area contributed by atoms with E-state index in [9.17, 15) is 19.5 Å². The maximum Gasteiger partial charge on any atom is 0.412 e. The Hall–Kier alpha value is -4.20. The molecule has 2 amide bonds. The normalized spacial score (nSPS) is 12.9. The molecule has 0 aliphatic heterocycles. The Labute approximate surface area is 197 Å². The first-order valence-corrected chi connectivity index (χ1v) is 11.0. The Kier molecular flexibility index (Phi) is 6.58. The molecule has 174 valence electrons. The summed E-state index contributed by atoms with van der Waals surface area (Å²) in [5.41, 5.74) is 4.52. The van der Waals surface area contributed by atoms with E-state index in [1.54, 1.807) is 13.0 Å². The number of carbonyl (C=O) groups excluding carboxylic acids is 2. The molecule has 8 nitrogen and oxygen atoms in total. The Morgan fingerprint density at radius 3 is 2.21 bits per heavy atom. The predicted octanol–water partition coefficient (Wildman–Crippen LogP) is 4.38. The van der Waals surface area contributed by atoms with Crippen molar-refractivity contribution in [1.29, 1.82) is 0 Å². The molecule has 0 saturated heterocycles. The number of hydrogen-bond acceptors (Lipinski definition) is 5. The molecule has 2 N–H and O–H groups in total. The van der Waals surface area contributed by atoms with Crippen LogP contribution in [0.1, 0.15) is 41.4 Å². The number of likely N-dealkylation sites (N-methyl/N-ethyl adjacent to an activating group) is 1. The molecule has 1 aliphatic carbocycles. The lowest BCUT2D eigenvalue weighted by atomic mass is 9.98. The molecule has 1 atom stereocenters. The number of carboxylic acid groups (broad SMARTS) is 1. The fraction of sp³-hybridized carbons (Fsp3) is 0.231. The van der Waals surface area contributed by atoms with Gasteiger partial charge in [0.05, 0.1) is 0 Å². The van der Waals surface area contributed by atoms with Crippen molar-refractivity contribution in [1.82, 2.24) is 9.88 Å². The van der Waals surface area contributed by atoms with E-state index < -0.39 is 24.0 Å². The van der Waals surface area contributed by atoms with E-state index in [1.165, 1.54) is 24.0 Å². The molecule has 1 unspecified atom stereocenters. The number of amides is 2. The molecule has 1 aromatic heterocycles. The first-order valence-electron chi connectivity index (χ1n) is 11.0. The second-order valence-electron chi connectivity index (χ2n) is 7.96. The van der Waals surface area contributed by atoms with Crippen LogP contribution < -0.4 is 5.32 Å². The van der Waals surface area contributed by atoms with Gasteiger partial charge < -0.3 is 14.7 Å². The van der Waals surface area contributed by atoms with Crippen LogP contribution in [0.2, 0.25) is 0 Å².